The van der Waals surface area contributed by atoms with Gasteiger partial charge in [0.25, 0.3) is 0 Å². The molecule has 0 heterocycles. The third-order valence-electron chi connectivity index (χ3n) is 3.71. The van der Waals surface area contributed by atoms with E-state index in [-0.39, 0.29) is 12.3 Å². The Hall–Kier alpha value is -2.66. The number of benzene rings is 2. The van der Waals surface area contributed by atoms with Crippen molar-refractivity contribution in [2.75, 3.05) is 0 Å². The van der Waals surface area contributed by atoms with E-state index in [2.05, 4.69) is 5.32 Å². The number of hydrogen-bond donors (Lipinski definition) is 3. The number of carboxylic acid groups (broad SMARTS) is 1. The molecule has 2 aromatic rings. The fourth-order valence-electron chi connectivity index (χ4n) is 2.34. The molecule has 4 N–H and O–H groups in total. The van der Waals surface area contributed by atoms with Crippen LogP contribution >= 0.6 is 0 Å². The largest absolute Gasteiger partial charge is 0.480 e. The van der Waals surface area contributed by atoms with Crippen LogP contribution < -0.4 is 11.1 Å². The van der Waals surface area contributed by atoms with Crippen LogP contribution in [0.4, 0.5) is 0 Å². The maximum atomic E-state index is 12.3. The highest BCUT2D eigenvalue weighted by Gasteiger charge is 2.39. The van der Waals surface area contributed by atoms with Crippen LogP contribution in [0.3, 0.4) is 0 Å². The van der Waals surface area contributed by atoms with Crippen LogP contribution in [0, 0.1) is 0 Å². The molecular formula is C18H20N2O3. The molecule has 0 aliphatic rings. The Labute approximate surface area is 135 Å². The van der Waals surface area contributed by atoms with Crippen molar-refractivity contribution in [3.05, 3.63) is 71.8 Å². The van der Waals surface area contributed by atoms with Crippen molar-refractivity contribution in [1.29, 1.82) is 0 Å². The zero-order chi connectivity index (χ0) is 16.9. The molecule has 5 nitrogen and oxygen atoms in total. The van der Waals surface area contributed by atoms with Crippen molar-refractivity contribution in [3.63, 3.8) is 0 Å². The molecule has 0 fully saturated rings. The lowest BCUT2D eigenvalue weighted by Gasteiger charge is -2.31. The maximum Gasteiger partial charge on any atom is 0.325 e. The zero-order valence-corrected chi connectivity index (χ0v) is 12.9. The molecule has 2 aromatic carbocycles. The van der Waals surface area contributed by atoms with Gasteiger partial charge in [-0.1, -0.05) is 60.7 Å². The highest BCUT2D eigenvalue weighted by atomic mass is 16.4. The molecule has 0 saturated carbocycles. The molecule has 0 spiro atoms. The van der Waals surface area contributed by atoms with Crippen molar-refractivity contribution in [3.8, 4) is 0 Å². The van der Waals surface area contributed by atoms with Crippen LogP contribution in [0.2, 0.25) is 0 Å². The van der Waals surface area contributed by atoms with Gasteiger partial charge in [0.1, 0.15) is 5.54 Å². The van der Waals surface area contributed by atoms with Crippen LogP contribution in [-0.4, -0.2) is 22.5 Å². The minimum absolute atomic E-state index is 0.167. The summed E-state index contributed by atoms with van der Waals surface area (Å²) in [5.74, 6) is -1.45. The van der Waals surface area contributed by atoms with Crippen molar-refractivity contribution < 1.29 is 14.7 Å². The Bertz CT molecular complexity index is 669. The first-order valence-electron chi connectivity index (χ1n) is 7.32. The fraction of sp³-hybridized carbons (Fsp3) is 0.222. The molecule has 1 amide bonds. The predicted molar refractivity (Wildman–Crippen MR) is 87.7 cm³/mol. The first kappa shape index (κ1) is 16.7. The second-order valence-electron chi connectivity index (χ2n) is 5.66. The first-order valence-corrected chi connectivity index (χ1v) is 7.32. The number of aliphatic carboxylic acids is 1. The van der Waals surface area contributed by atoms with Gasteiger partial charge in [-0.15, -0.1) is 0 Å². The van der Waals surface area contributed by atoms with Crippen LogP contribution in [-0.2, 0) is 16.0 Å². The van der Waals surface area contributed by atoms with Gasteiger partial charge in [0.2, 0.25) is 5.91 Å². The van der Waals surface area contributed by atoms with E-state index in [9.17, 15) is 14.7 Å². The van der Waals surface area contributed by atoms with Gasteiger partial charge in [-0.3, -0.25) is 9.59 Å². The molecule has 5 heteroatoms. The van der Waals surface area contributed by atoms with E-state index in [0.29, 0.717) is 5.56 Å². The van der Waals surface area contributed by atoms with Gasteiger partial charge in [-0.2, -0.15) is 0 Å². The van der Waals surface area contributed by atoms with E-state index >= 15 is 0 Å². The number of carboxylic acids is 1. The molecular weight excluding hydrogens is 292 g/mol. The summed E-state index contributed by atoms with van der Waals surface area (Å²) in [7, 11) is 0. The lowest BCUT2D eigenvalue weighted by molar-refractivity contribution is -0.144. The minimum atomic E-state index is -1.62. The fourth-order valence-corrected chi connectivity index (χ4v) is 2.34. The van der Waals surface area contributed by atoms with Gasteiger partial charge < -0.3 is 16.2 Å². The van der Waals surface area contributed by atoms with Crippen molar-refractivity contribution in [2.24, 2.45) is 5.73 Å². The number of nitrogens with one attached hydrogen (secondary N) is 1. The van der Waals surface area contributed by atoms with E-state index in [1.807, 2.05) is 36.4 Å². The predicted octanol–water partition coefficient (Wildman–Crippen LogP) is 1.89. The van der Waals surface area contributed by atoms with E-state index in [4.69, 9.17) is 5.73 Å². The Balaban J connectivity index is 2.21. The average molecular weight is 312 g/mol. The van der Waals surface area contributed by atoms with E-state index in [0.717, 1.165) is 5.56 Å². The monoisotopic (exact) mass is 312 g/mol. The topological polar surface area (TPSA) is 92.4 Å². The van der Waals surface area contributed by atoms with Crippen molar-refractivity contribution in [1.82, 2.24) is 5.32 Å². The number of carbonyl (C=O) groups is 2. The Morgan fingerprint density at radius 3 is 2.13 bits per heavy atom. The standard InChI is InChI=1S/C18H20N2O3/c1-18(19,17(22)23)16(14-10-6-3-7-11-14)20-15(21)12-13-8-4-2-5-9-13/h2-11,16H,12,19H2,1H3,(H,20,21)(H,22,23). The Morgan fingerprint density at radius 2 is 1.61 bits per heavy atom. The summed E-state index contributed by atoms with van der Waals surface area (Å²) >= 11 is 0. The molecule has 0 aliphatic carbocycles. The lowest BCUT2D eigenvalue weighted by atomic mass is 9.87. The Morgan fingerprint density at radius 1 is 1.09 bits per heavy atom. The second kappa shape index (κ2) is 7.07. The summed E-state index contributed by atoms with van der Waals surface area (Å²) in [5.41, 5.74) is 5.85. The summed E-state index contributed by atoms with van der Waals surface area (Å²) in [4.78, 5) is 23.8. The smallest absolute Gasteiger partial charge is 0.325 e. The van der Waals surface area contributed by atoms with E-state index < -0.39 is 17.6 Å². The van der Waals surface area contributed by atoms with Crippen LogP contribution in [0.1, 0.15) is 24.1 Å². The number of amides is 1. The summed E-state index contributed by atoms with van der Waals surface area (Å²) in [6, 6.07) is 17.3. The van der Waals surface area contributed by atoms with Gasteiger partial charge in [0.05, 0.1) is 12.5 Å². The lowest BCUT2D eigenvalue weighted by Crippen LogP contribution is -2.56. The summed E-state index contributed by atoms with van der Waals surface area (Å²) in [5, 5.41) is 12.2. The average Bonchev–Trinajstić information content (AvgIpc) is 2.54. The molecule has 2 atom stereocenters. The number of hydrogen-bond acceptors (Lipinski definition) is 3. The highest BCUT2D eigenvalue weighted by Crippen LogP contribution is 2.24. The van der Waals surface area contributed by atoms with Gasteiger partial charge in [-0.25, -0.2) is 0 Å². The minimum Gasteiger partial charge on any atom is -0.480 e. The molecule has 0 bridgehead atoms. The van der Waals surface area contributed by atoms with Gasteiger partial charge in [0.15, 0.2) is 0 Å². The van der Waals surface area contributed by atoms with E-state index in [1.54, 1.807) is 24.3 Å². The normalized spacial score (nSPS) is 14.5. The summed E-state index contributed by atoms with van der Waals surface area (Å²) in [6.45, 7) is 1.40. The van der Waals surface area contributed by atoms with Crippen LogP contribution in [0.25, 0.3) is 0 Å². The molecule has 0 aliphatic heterocycles. The molecule has 120 valence electrons. The molecule has 23 heavy (non-hydrogen) atoms. The quantitative estimate of drug-likeness (QED) is 0.759. The molecule has 2 rings (SSSR count). The first-order chi connectivity index (χ1) is 10.9. The third kappa shape index (κ3) is 4.17. The zero-order valence-electron chi connectivity index (χ0n) is 12.9. The molecule has 0 aromatic heterocycles. The van der Waals surface area contributed by atoms with Crippen LogP contribution in [0.5, 0.6) is 0 Å². The molecule has 2 unspecified atom stereocenters. The third-order valence-corrected chi connectivity index (χ3v) is 3.71. The number of rotatable bonds is 6. The SMILES string of the molecule is CC(N)(C(=O)O)C(NC(=O)Cc1ccccc1)c1ccccc1. The molecule has 0 saturated heterocycles. The van der Waals surface area contributed by atoms with Crippen molar-refractivity contribution in [2.45, 2.75) is 24.9 Å². The number of nitrogens with two attached hydrogens (primary N) is 1. The second-order valence-corrected chi connectivity index (χ2v) is 5.66. The highest BCUT2D eigenvalue weighted by molar-refractivity contribution is 5.83. The Kier molecular flexibility index (Phi) is 5.13. The number of carbonyl (C=O) groups excluding carboxylic acids is 1. The summed E-state index contributed by atoms with van der Waals surface area (Å²) < 4.78 is 0. The van der Waals surface area contributed by atoms with Gasteiger partial charge in [-0.05, 0) is 18.1 Å². The molecule has 0 radical (unpaired) electrons. The summed E-state index contributed by atoms with van der Waals surface area (Å²) in [6.07, 6.45) is 0.167. The van der Waals surface area contributed by atoms with Gasteiger partial charge in [0, 0.05) is 0 Å². The van der Waals surface area contributed by atoms with Crippen molar-refractivity contribution >= 4 is 11.9 Å². The van der Waals surface area contributed by atoms with Crippen LogP contribution in [0.15, 0.2) is 60.7 Å². The van der Waals surface area contributed by atoms with Gasteiger partial charge >= 0.3 is 5.97 Å². The maximum absolute atomic E-state index is 12.3. The van der Waals surface area contributed by atoms with E-state index in [1.165, 1.54) is 6.92 Å².